The maximum Gasteiger partial charge on any atom is 0.266 e. The molecule has 0 aromatic heterocycles. The molecule has 0 unspecified atom stereocenters. The summed E-state index contributed by atoms with van der Waals surface area (Å²) in [4.78, 5) is 14.6. The topological polar surface area (TPSA) is 48.0 Å². The first kappa shape index (κ1) is 22.5. The predicted octanol–water partition coefficient (Wildman–Crippen LogP) is 5.42. The van der Waals surface area contributed by atoms with Crippen LogP contribution in [-0.2, 0) is 4.79 Å². The largest absolute Gasteiger partial charge is 0.493 e. The molecule has 2 aromatic rings. The maximum atomic E-state index is 12.5. The number of hydrogen-bond donors (Lipinski definition) is 0. The van der Waals surface area contributed by atoms with Gasteiger partial charge in [0.2, 0.25) is 0 Å². The first-order chi connectivity index (χ1) is 14.5. The smallest absolute Gasteiger partial charge is 0.266 e. The Morgan fingerprint density at radius 1 is 1.10 bits per heavy atom. The lowest BCUT2D eigenvalue weighted by atomic mass is 10.2. The number of ether oxygens (including phenoxy) is 3. The Morgan fingerprint density at radius 2 is 1.80 bits per heavy atom. The van der Waals surface area contributed by atoms with Crippen molar-refractivity contribution in [3.8, 4) is 17.2 Å². The molecule has 3 rings (SSSR count). The van der Waals surface area contributed by atoms with Crippen LogP contribution in [0.2, 0.25) is 5.02 Å². The van der Waals surface area contributed by atoms with Gasteiger partial charge in [-0.25, -0.2) is 0 Å². The van der Waals surface area contributed by atoms with E-state index in [1.165, 1.54) is 11.8 Å². The van der Waals surface area contributed by atoms with E-state index in [2.05, 4.69) is 0 Å². The third-order valence-corrected chi connectivity index (χ3v) is 5.93. The van der Waals surface area contributed by atoms with Crippen LogP contribution in [0.5, 0.6) is 17.2 Å². The molecule has 1 fully saturated rings. The average molecular weight is 464 g/mol. The van der Waals surface area contributed by atoms with Crippen molar-refractivity contribution in [2.45, 2.75) is 13.3 Å². The molecule has 1 saturated heterocycles. The van der Waals surface area contributed by atoms with Crippen LogP contribution in [0, 0.1) is 0 Å². The molecule has 1 aliphatic rings. The molecule has 1 heterocycles. The number of rotatable bonds is 9. The van der Waals surface area contributed by atoms with Crippen molar-refractivity contribution in [1.82, 2.24) is 4.90 Å². The number of likely N-dealkylation sites (N-methyl/N-ethyl adjacent to an activating group) is 1. The number of thiocarbonyl (C=S) groups is 1. The number of benzene rings is 2. The molecule has 8 heteroatoms. The highest BCUT2D eigenvalue weighted by atomic mass is 35.5. The maximum absolute atomic E-state index is 12.5. The highest BCUT2D eigenvalue weighted by Crippen LogP contribution is 2.35. The molecular weight excluding hydrogens is 442 g/mol. The Balaban J connectivity index is 1.61. The fraction of sp³-hybridized carbons (Fsp3) is 0.273. The quantitative estimate of drug-likeness (QED) is 0.281. The van der Waals surface area contributed by atoms with Crippen molar-refractivity contribution >= 4 is 51.9 Å². The highest BCUT2D eigenvalue weighted by molar-refractivity contribution is 8.26. The minimum Gasteiger partial charge on any atom is -0.493 e. The highest BCUT2D eigenvalue weighted by Gasteiger charge is 2.30. The van der Waals surface area contributed by atoms with Gasteiger partial charge in [-0.2, -0.15) is 0 Å². The molecule has 0 aliphatic carbocycles. The first-order valence-corrected chi connectivity index (χ1v) is 11.1. The van der Waals surface area contributed by atoms with E-state index in [1.807, 2.05) is 31.2 Å². The SMILES string of the molecule is CCN1C(=O)/C(=C\c2cc(Cl)ccc2OCCCOc2ccccc2OC)SC1=S. The van der Waals surface area contributed by atoms with Crippen molar-refractivity contribution < 1.29 is 19.0 Å². The van der Waals surface area contributed by atoms with Crippen LogP contribution in [0.3, 0.4) is 0 Å². The molecule has 1 aliphatic heterocycles. The van der Waals surface area contributed by atoms with Crippen LogP contribution < -0.4 is 14.2 Å². The molecule has 30 heavy (non-hydrogen) atoms. The zero-order chi connectivity index (χ0) is 21.5. The molecule has 5 nitrogen and oxygen atoms in total. The van der Waals surface area contributed by atoms with Crippen LogP contribution in [0.4, 0.5) is 0 Å². The van der Waals surface area contributed by atoms with E-state index in [9.17, 15) is 4.79 Å². The van der Waals surface area contributed by atoms with Gasteiger partial charge < -0.3 is 14.2 Å². The molecule has 2 aromatic carbocycles. The zero-order valence-electron chi connectivity index (χ0n) is 16.7. The van der Waals surface area contributed by atoms with Crippen LogP contribution in [-0.4, -0.2) is 42.0 Å². The van der Waals surface area contributed by atoms with Gasteiger partial charge in [-0.05, 0) is 43.3 Å². The number of nitrogens with zero attached hydrogens (tertiary/aromatic N) is 1. The lowest BCUT2D eigenvalue weighted by Gasteiger charge is -2.12. The molecule has 0 N–H and O–H groups in total. The van der Waals surface area contributed by atoms with Crippen molar-refractivity contribution in [3.63, 3.8) is 0 Å². The van der Waals surface area contributed by atoms with Crippen molar-refractivity contribution in [3.05, 3.63) is 58.0 Å². The molecular formula is C22H22ClNO4S2. The Bertz CT molecular complexity index is 964. The predicted molar refractivity (Wildman–Crippen MR) is 126 cm³/mol. The second kappa shape index (κ2) is 10.7. The molecule has 1 amide bonds. The van der Waals surface area contributed by atoms with Crippen molar-refractivity contribution in [2.24, 2.45) is 0 Å². The van der Waals surface area contributed by atoms with E-state index in [4.69, 9.17) is 38.0 Å². The van der Waals surface area contributed by atoms with E-state index < -0.39 is 0 Å². The minimum absolute atomic E-state index is 0.0939. The van der Waals surface area contributed by atoms with Crippen LogP contribution in [0.25, 0.3) is 6.08 Å². The van der Waals surface area contributed by atoms with Gasteiger partial charge in [-0.1, -0.05) is 47.7 Å². The van der Waals surface area contributed by atoms with Crippen LogP contribution in [0.15, 0.2) is 47.4 Å². The third-order valence-electron chi connectivity index (χ3n) is 4.32. The summed E-state index contributed by atoms with van der Waals surface area (Å²) in [7, 11) is 1.61. The van der Waals surface area contributed by atoms with E-state index in [0.717, 1.165) is 5.56 Å². The summed E-state index contributed by atoms with van der Waals surface area (Å²) in [6.45, 7) is 3.38. The monoisotopic (exact) mass is 463 g/mol. The van der Waals surface area contributed by atoms with E-state index in [0.29, 0.717) is 57.7 Å². The van der Waals surface area contributed by atoms with Gasteiger partial charge in [0.05, 0.1) is 25.2 Å². The van der Waals surface area contributed by atoms with Crippen LogP contribution in [0.1, 0.15) is 18.9 Å². The fourth-order valence-electron chi connectivity index (χ4n) is 2.84. The van der Waals surface area contributed by atoms with Gasteiger partial charge in [-0.15, -0.1) is 0 Å². The van der Waals surface area contributed by atoms with E-state index in [-0.39, 0.29) is 5.91 Å². The Kier molecular flexibility index (Phi) is 8.01. The van der Waals surface area contributed by atoms with Gasteiger partial charge in [0, 0.05) is 23.6 Å². The minimum atomic E-state index is -0.0939. The van der Waals surface area contributed by atoms with Crippen molar-refractivity contribution in [1.29, 1.82) is 0 Å². The normalized spacial score (nSPS) is 15.0. The fourth-order valence-corrected chi connectivity index (χ4v) is 4.39. The molecule has 0 atom stereocenters. The number of carbonyl (C=O) groups is 1. The lowest BCUT2D eigenvalue weighted by molar-refractivity contribution is -0.121. The average Bonchev–Trinajstić information content (AvgIpc) is 3.01. The summed E-state index contributed by atoms with van der Waals surface area (Å²) in [6.07, 6.45) is 2.46. The van der Waals surface area contributed by atoms with Gasteiger partial charge in [0.25, 0.3) is 5.91 Å². The Labute approximate surface area is 190 Å². The first-order valence-electron chi connectivity index (χ1n) is 9.47. The van der Waals surface area contributed by atoms with Gasteiger partial charge in [0.15, 0.2) is 11.5 Å². The van der Waals surface area contributed by atoms with Gasteiger partial charge in [-0.3, -0.25) is 9.69 Å². The number of halogens is 1. The van der Waals surface area contributed by atoms with Crippen LogP contribution >= 0.6 is 35.6 Å². The second-order valence-corrected chi connectivity index (χ2v) is 8.42. The number of carbonyl (C=O) groups excluding carboxylic acids is 1. The third kappa shape index (κ3) is 5.47. The Morgan fingerprint density at radius 3 is 2.47 bits per heavy atom. The van der Waals surface area contributed by atoms with Gasteiger partial charge in [0.1, 0.15) is 10.1 Å². The summed E-state index contributed by atoms with van der Waals surface area (Å²) < 4.78 is 17.5. The molecule has 0 spiro atoms. The standard InChI is InChI=1S/C22H22ClNO4S2/c1-3-24-21(25)20(30-22(24)29)14-15-13-16(23)9-10-17(15)27-11-6-12-28-19-8-5-4-7-18(19)26-2/h4-5,7-10,13-14H,3,6,11-12H2,1-2H3/b20-14+. The Hall–Kier alpha value is -2.22. The second-order valence-electron chi connectivity index (χ2n) is 6.31. The summed E-state index contributed by atoms with van der Waals surface area (Å²) in [5, 5.41) is 0.569. The molecule has 0 radical (unpaired) electrons. The number of para-hydroxylation sites is 2. The lowest BCUT2D eigenvalue weighted by Crippen LogP contribution is -2.27. The number of hydrogen-bond acceptors (Lipinski definition) is 6. The van der Waals surface area contributed by atoms with E-state index in [1.54, 1.807) is 36.3 Å². The van der Waals surface area contributed by atoms with E-state index >= 15 is 0 Å². The molecule has 0 bridgehead atoms. The number of methoxy groups -OCH3 is 1. The number of amides is 1. The van der Waals surface area contributed by atoms with Crippen molar-refractivity contribution in [2.75, 3.05) is 26.9 Å². The molecule has 158 valence electrons. The summed E-state index contributed by atoms with van der Waals surface area (Å²) in [5.74, 6) is 1.95. The summed E-state index contributed by atoms with van der Waals surface area (Å²) in [5.41, 5.74) is 0.741. The van der Waals surface area contributed by atoms with Gasteiger partial charge >= 0.3 is 0 Å². The zero-order valence-corrected chi connectivity index (χ0v) is 19.1. The summed E-state index contributed by atoms with van der Waals surface area (Å²) >= 11 is 12.7. The molecule has 0 saturated carbocycles. The number of thioether (sulfide) groups is 1. The summed E-state index contributed by atoms with van der Waals surface area (Å²) in [6, 6.07) is 12.9.